The second-order valence-corrected chi connectivity index (χ2v) is 4.86. The monoisotopic (exact) mass is 296 g/mol. The third-order valence-corrected chi connectivity index (χ3v) is 3.66. The smallest absolute Gasteiger partial charge is 0.170 e. The number of ether oxygens (including phenoxy) is 2. The number of nitrogens with two attached hydrogens (primary N) is 1. The molecule has 114 valence electrons. The van der Waals surface area contributed by atoms with Gasteiger partial charge in [-0.1, -0.05) is 0 Å². The summed E-state index contributed by atoms with van der Waals surface area (Å²) < 4.78 is 27.0. The minimum atomic E-state index is -1.26. The van der Waals surface area contributed by atoms with Crippen molar-refractivity contribution < 1.29 is 13.9 Å². The molecule has 2 aromatic rings. The van der Waals surface area contributed by atoms with Crippen LogP contribution in [0.3, 0.4) is 0 Å². The van der Waals surface area contributed by atoms with Crippen LogP contribution in [0.2, 0.25) is 0 Å². The molecule has 0 bridgehead atoms. The van der Waals surface area contributed by atoms with Gasteiger partial charge in [-0.15, -0.1) is 0 Å². The number of anilines is 1. The molecule has 9 heteroatoms. The molecule has 4 atom stereocenters. The number of nitrogens with one attached hydrogen (secondary N) is 1. The molecule has 1 saturated heterocycles. The molecule has 0 spiro atoms. The van der Waals surface area contributed by atoms with Gasteiger partial charge in [0.1, 0.15) is 17.9 Å². The van der Waals surface area contributed by atoms with E-state index < -0.39 is 24.5 Å². The van der Waals surface area contributed by atoms with Crippen LogP contribution >= 0.6 is 0 Å². The highest BCUT2D eigenvalue weighted by Crippen LogP contribution is 2.33. The van der Waals surface area contributed by atoms with E-state index >= 15 is 0 Å². The topological polar surface area (TPSA) is 100 Å². The Bertz CT molecular complexity index is 635. The van der Waals surface area contributed by atoms with E-state index in [2.05, 4.69) is 20.3 Å². The van der Waals surface area contributed by atoms with Gasteiger partial charge in [0.05, 0.1) is 19.0 Å². The number of rotatable bonds is 4. The second kappa shape index (κ2) is 5.51. The first-order valence-corrected chi connectivity index (χ1v) is 6.56. The van der Waals surface area contributed by atoms with Gasteiger partial charge in [0.15, 0.2) is 23.9 Å². The van der Waals surface area contributed by atoms with E-state index in [1.165, 1.54) is 17.2 Å². The number of methoxy groups -OCH3 is 1. The molecule has 1 aliphatic rings. The van der Waals surface area contributed by atoms with Crippen LogP contribution in [0.1, 0.15) is 6.23 Å². The lowest BCUT2D eigenvalue weighted by atomic mass is 10.1. The summed E-state index contributed by atoms with van der Waals surface area (Å²) in [5.74, 6) is 0.255. The minimum Gasteiger partial charge on any atom is -0.382 e. The zero-order valence-electron chi connectivity index (χ0n) is 11.7. The third-order valence-electron chi connectivity index (χ3n) is 3.66. The summed E-state index contributed by atoms with van der Waals surface area (Å²) in [7, 11) is 3.25. The molecular formula is C12H17FN6O2. The number of hydrogen-bond acceptors (Lipinski definition) is 7. The average Bonchev–Trinajstić information content (AvgIpc) is 3.02. The number of hydrogen-bond donors (Lipinski definition) is 2. The van der Waals surface area contributed by atoms with Crippen LogP contribution < -0.4 is 11.1 Å². The molecule has 3 N–H and O–H groups in total. The predicted octanol–water partition coefficient (Wildman–Crippen LogP) is -0.122. The molecule has 0 radical (unpaired) electrons. The number of fused-ring (bicyclic) bond motifs is 1. The molecule has 3 rings (SSSR count). The normalized spacial score (nSPS) is 29.3. The molecule has 0 aliphatic carbocycles. The molecular weight excluding hydrogens is 279 g/mol. The lowest BCUT2D eigenvalue weighted by molar-refractivity contribution is -0.0442. The molecule has 3 heterocycles. The zero-order valence-corrected chi connectivity index (χ0v) is 11.7. The van der Waals surface area contributed by atoms with Gasteiger partial charge in [-0.05, 0) is 7.05 Å². The first-order valence-electron chi connectivity index (χ1n) is 6.56. The fourth-order valence-corrected chi connectivity index (χ4v) is 2.65. The highest BCUT2D eigenvalue weighted by Gasteiger charge is 2.45. The Labute approximate surface area is 120 Å². The van der Waals surface area contributed by atoms with Crippen LogP contribution in [-0.4, -0.2) is 58.6 Å². The average molecular weight is 296 g/mol. The lowest BCUT2D eigenvalue weighted by Crippen LogP contribution is -2.42. The fourth-order valence-electron chi connectivity index (χ4n) is 2.65. The Kier molecular flexibility index (Phi) is 3.70. The summed E-state index contributed by atoms with van der Waals surface area (Å²) >= 11 is 0. The number of halogens is 1. The Hall–Kier alpha value is -1.84. The van der Waals surface area contributed by atoms with E-state index in [0.29, 0.717) is 17.8 Å². The van der Waals surface area contributed by atoms with E-state index in [9.17, 15) is 4.39 Å². The molecule has 0 saturated carbocycles. The molecule has 0 unspecified atom stereocenters. The maximum absolute atomic E-state index is 14.7. The molecule has 21 heavy (non-hydrogen) atoms. The second-order valence-electron chi connectivity index (χ2n) is 4.86. The van der Waals surface area contributed by atoms with Crippen LogP contribution in [0.15, 0.2) is 12.7 Å². The summed E-state index contributed by atoms with van der Waals surface area (Å²) in [6.45, 7) is 0.298. The van der Waals surface area contributed by atoms with Crippen LogP contribution in [0.5, 0.6) is 0 Å². The van der Waals surface area contributed by atoms with Crippen molar-refractivity contribution in [3.8, 4) is 0 Å². The summed E-state index contributed by atoms with van der Waals surface area (Å²) in [4.78, 5) is 12.1. The third kappa shape index (κ3) is 2.23. The van der Waals surface area contributed by atoms with Gasteiger partial charge in [-0.25, -0.2) is 19.3 Å². The molecule has 1 aliphatic heterocycles. The molecule has 1 fully saturated rings. The number of nitrogens with zero attached hydrogens (tertiary/aromatic N) is 4. The first kappa shape index (κ1) is 14.1. The van der Waals surface area contributed by atoms with E-state index in [-0.39, 0.29) is 5.82 Å². The summed E-state index contributed by atoms with van der Waals surface area (Å²) in [6, 6.07) is -0.466. The van der Waals surface area contributed by atoms with E-state index in [0.717, 1.165) is 0 Å². The number of alkyl halides is 1. The van der Waals surface area contributed by atoms with E-state index in [1.54, 1.807) is 14.2 Å². The van der Waals surface area contributed by atoms with Crippen molar-refractivity contribution in [2.24, 2.45) is 0 Å². The van der Waals surface area contributed by atoms with E-state index in [4.69, 9.17) is 15.2 Å². The highest BCUT2D eigenvalue weighted by molar-refractivity contribution is 5.81. The summed E-state index contributed by atoms with van der Waals surface area (Å²) in [6.07, 6.45) is 0.303. The van der Waals surface area contributed by atoms with Crippen LogP contribution in [0.25, 0.3) is 11.2 Å². The maximum Gasteiger partial charge on any atom is 0.170 e. The van der Waals surface area contributed by atoms with Gasteiger partial charge in [-0.2, -0.15) is 0 Å². The predicted molar refractivity (Wildman–Crippen MR) is 73.3 cm³/mol. The number of aromatic nitrogens is 4. The van der Waals surface area contributed by atoms with E-state index in [1.807, 2.05) is 0 Å². The van der Waals surface area contributed by atoms with Crippen molar-refractivity contribution in [2.45, 2.75) is 24.5 Å². The molecule has 0 amide bonds. The fraction of sp³-hybridized carbons (Fsp3) is 0.583. The van der Waals surface area contributed by atoms with Gasteiger partial charge in [0.2, 0.25) is 0 Å². The quantitative estimate of drug-likeness (QED) is 0.811. The lowest BCUT2D eigenvalue weighted by Gasteiger charge is -2.17. The minimum absolute atomic E-state index is 0.255. The van der Waals surface area contributed by atoms with Crippen molar-refractivity contribution in [2.75, 3.05) is 26.5 Å². The zero-order chi connectivity index (χ0) is 15.0. The summed E-state index contributed by atoms with van der Waals surface area (Å²) in [5, 5.41) is 2.93. The maximum atomic E-state index is 14.7. The SMILES string of the molecule is CN[C@H]1[C@H](F)[C@H](n2cnc3c(N)ncnc32)O[C@@H]1COC. The van der Waals surface area contributed by atoms with Gasteiger partial charge in [0.25, 0.3) is 0 Å². The van der Waals surface area contributed by atoms with Crippen molar-refractivity contribution >= 4 is 17.0 Å². The Morgan fingerprint density at radius 2 is 2.29 bits per heavy atom. The number of nitrogen functional groups attached to an aromatic ring is 1. The standard InChI is InChI=1S/C12H17FN6O2/c1-15-8-6(3-20-2)21-12(7(8)13)19-5-18-9-10(14)16-4-17-11(9)19/h4-8,12,15H,3H2,1-2H3,(H2,14,16,17)/t6-,7+,8-,12-/m1/s1. The van der Waals surface area contributed by atoms with Crippen molar-refractivity contribution in [3.05, 3.63) is 12.7 Å². The van der Waals surface area contributed by atoms with Gasteiger partial charge in [-0.3, -0.25) is 4.57 Å². The first-order chi connectivity index (χ1) is 10.2. The van der Waals surface area contributed by atoms with Crippen LogP contribution in [0, 0.1) is 0 Å². The Morgan fingerprint density at radius 3 is 3.00 bits per heavy atom. The van der Waals surface area contributed by atoms with Crippen molar-refractivity contribution in [3.63, 3.8) is 0 Å². The Balaban J connectivity index is 1.97. The highest BCUT2D eigenvalue weighted by atomic mass is 19.1. The van der Waals surface area contributed by atoms with Crippen molar-refractivity contribution in [1.29, 1.82) is 0 Å². The summed E-state index contributed by atoms with van der Waals surface area (Å²) in [5.41, 5.74) is 6.62. The van der Waals surface area contributed by atoms with Gasteiger partial charge >= 0.3 is 0 Å². The molecule has 2 aromatic heterocycles. The van der Waals surface area contributed by atoms with Crippen LogP contribution in [0.4, 0.5) is 10.2 Å². The van der Waals surface area contributed by atoms with Crippen LogP contribution in [-0.2, 0) is 9.47 Å². The molecule has 8 nitrogen and oxygen atoms in total. The van der Waals surface area contributed by atoms with Crippen molar-refractivity contribution in [1.82, 2.24) is 24.8 Å². The largest absolute Gasteiger partial charge is 0.382 e. The molecule has 0 aromatic carbocycles. The van der Waals surface area contributed by atoms with Gasteiger partial charge < -0.3 is 20.5 Å². The number of likely N-dealkylation sites (N-methyl/N-ethyl adjacent to an activating group) is 1. The Morgan fingerprint density at radius 1 is 1.48 bits per heavy atom. The number of imidazole rings is 1. The van der Waals surface area contributed by atoms with Gasteiger partial charge in [0, 0.05) is 7.11 Å².